The van der Waals surface area contributed by atoms with Crippen LogP contribution in [-0.4, -0.2) is 81.3 Å². The van der Waals surface area contributed by atoms with Gasteiger partial charge in [-0.25, -0.2) is 9.97 Å². The summed E-state index contributed by atoms with van der Waals surface area (Å²) in [6, 6.07) is 3.86. The predicted octanol–water partition coefficient (Wildman–Crippen LogP) is 0.316. The summed E-state index contributed by atoms with van der Waals surface area (Å²) in [4.78, 5) is 25.7. The summed E-state index contributed by atoms with van der Waals surface area (Å²) in [6.45, 7) is 2.39. The van der Waals surface area contributed by atoms with Gasteiger partial charge in [0.05, 0.1) is 23.2 Å². The lowest BCUT2D eigenvalue weighted by molar-refractivity contribution is 0.0660. The van der Waals surface area contributed by atoms with Gasteiger partial charge in [-0.05, 0) is 11.4 Å². The molecule has 8 heteroatoms. The van der Waals surface area contributed by atoms with Gasteiger partial charge in [0.2, 0.25) is 0 Å². The number of thiophene rings is 1. The first-order valence-corrected chi connectivity index (χ1v) is 8.72. The molecule has 3 rings (SSSR count). The van der Waals surface area contributed by atoms with Crippen molar-refractivity contribution < 1.29 is 15.0 Å². The van der Waals surface area contributed by atoms with Crippen LogP contribution in [0.3, 0.4) is 0 Å². The van der Waals surface area contributed by atoms with Crippen LogP contribution < -0.4 is 0 Å². The van der Waals surface area contributed by atoms with Gasteiger partial charge in [0.15, 0.2) is 5.82 Å². The van der Waals surface area contributed by atoms with Crippen molar-refractivity contribution in [1.82, 2.24) is 19.8 Å². The molecule has 1 saturated heterocycles. The second kappa shape index (κ2) is 7.80. The molecule has 2 N–H and O–H groups in total. The van der Waals surface area contributed by atoms with Gasteiger partial charge in [-0.1, -0.05) is 6.07 Å². The van der Waals surface area contributed by atoms with Crippen LogP contribution in [0.15, 0.2) is 29.9 Å². The Bertz CT molecular complexity index is 662. The van der Waals surface area contributed by atoms with Crippen LogP contribution in [-0.2, 0) is 0 Å². The molecule has 0 bridgehead atoms. The Morgan fingerprint density at radius 3 is 2.75 bits per heavy atom. The van der Waals surface area contributed by atoms with Crippen LogP contribution >= 0.6 is 11.3 Å². The quantitative estimate of drug-likeness (QED) is 0.827. The molecule has 2 aromatic heterocycles. The van der Waals surface area contributed by atoms with Gasteiger partial charge in [0.25, 0.3) is 5.91 Å². The zero-order valence-electron chi connectivity index (χ0n) is 13.2. The lowest BCUT2D eigenvalue weighted by atomic mass is 10.2. The number of aromatic nitrogens is 2. The van der Waals surface area contributed by atoms with Crippen LogP contribution in [0, 0.1) is 0 Å². The Labute approximate surface area is 144 Å². The first-order chi connectivity index (χ1) is 11.7. The van der Waals surface area contributed by atoms with Crippen molar-refractivity contribution in [2.24, 2.45) is 0 Å². The maximum absolute atomic E-state index is 12.6. The summed E-state index contributed by atoms with van der Waals surface area (Å²) in [7, 11) is 0. The highest BCUT2D eigenvalue weighted by molar-refractivity contribution is 7.13. The van der Waals surface area contributed by atoms with Gasteiger partial charge < -0.3 is 15.1 Å². The molecule has 1 atom stereocenters. The fraction of sp³-hybridized carbons (Fsp3) is 0.438. The molecular formula is C16H20N4O3S. The molecule has 0 spiro atoms. The van der Waals surface area contributed by atoms with Gasteiger partial charge in [-0.3, -0.25) is 9.69 Å². The third-order valence-corrected chi connectivity index (χ3v) is 4.80. The molecule has 3 heterocycles. The van der Waals surface area contributed by atoms with Gasteiger partial charge in [0.1, 0.15) is 0 Å². The molecule has 1 fully saturated rings. The van der Waals surface area contributed by atoms with Crippen molar-refractivity contribution in [3.05, 3.63) is 35.5 Å². The Balaban J connectivity index is 1.69. The molecule has 0 radical (unpaired) electrons. The van der Waals surface area contributed by atoms with E-state index in [9.17, 15) is 9.90 Å². The third kappa shape index (κ3) is 3.96. The van der Waals surface area contributed by atoms with Gasteiger partial charge in [0, 0.05) is 45.1 Å². The summed E-state index contributed by atoms with van der Waals surface area (Å²) in [6.07, 6.45) is 2.44. The average Bonchev–Trinajstić information content (AvgIpc) is 3.06. The third-order valence-electron chi connectivity index (χ3n) is 3.93. The maximum atomic E-state index is 12.6. The molecule has 1 aliphatic heterocycles. The normalized spacial score (nSPS) is 19.2. The first kappa shape index (κ1) is 17.0. The number of hydrogen-bond donors (Lipinski definition) is 2. The van der Waals surface area contributed by atoms with E-state index in [-0.39, 0.29) is 19.1 Å². The van der Waals surface area contributed by atoms with E-state index in [0.29, 0.717) is 37.6 Å². The standard InChI is InChI=1S/C16H20N4O3S/c21-6-5-19-3-4-20(11-13(22)10-19)16(23)12-8-17-15(18-9-12)14-2-1-7-24-14/h1-2,7-9,13,21-22H,3-6,10-11H2. The van der Waals surface area contributed by atoms with Crippen molar-refractivity contribution in [2.75, 3.05) is 39.3 Å². The number of aliphatic hydroxyl groups excluding tert-OH is 2. The van der Waals surface area contributed by atoms with Crippen LogP contribution in [0.2, 0.25) is 0 Å². The van der Waals surface area contributed by atoms with E-state index in [4.69, 9.17) is 5.11 Å². The summed E-state index contributed by atoms with van der Waals surface area (Å²) in [5.41, 5.74) is 0.415. The number of nitrogens with zero attached hydrogens (tertiary/aromatic N) is 4. The number of hydrogen-bond acceptors (Lipinski definition) is 7. The highest BCUT2D eigenvalue weighted by atomic mass is 32.1. The van der Waals surface area contributed by atoms with Crippen molar-refractivity contribution in [3.8, 4) is 10.7 Å². The molecule has 0 saturated carbocycles. The number of rotatable bonds is 4. The predicted molar refractivity (Wildman–Crippen MR) is 90.8 cm³/mol. The van der Waals surface area contributed by atoms with E-state index in [1.54, 1.807) is 16.2 Å². The Morgan fingerprint density at radius 2 is 2.08 bits per heavy atom. The number of aliphatic hydroxyl groups is 2. The van der Waals surface area contributed by atoms with Crippen molar-refractivity contribution in [2.45, 2.75) is 6.10 Å². The molecule has 1 aliphatic rings. The molecule has 0 aliphatic carbocycles. The van der Waals surface area contributed by atoms with Gasteiger partial charge >= 0.3 is 0 Å². The first-order valence-electron chi connectivity index (χ1n) is 7.84. The smallest absolute Gasteiger partial charge is 0.257 e. The Morgan fingerprint density at radius 1 is 1.29 bits per heavy atom. The minimum atomic E-state index is -0.630. The number of carbonyl (C=O) groups is 1. The molecule has 1 unspecified atom stereocenters. The van der Waals surface area contributed by atoms with E-state index < -0.39 is 6.10 Å². The van der Waals surface area contributed by atoms with E-state index >= 15 is 0 Å². The van der Waals surface area contributed by atoms with Crippen molar-refractivity contribution in [3.63, 3.8) is 0 Å². The van der Waals surface area contributed by atoms with E-state index in [1.807, 2.05) is 22.4 Å². The van der Waals surface area contributed by atoms with Crippen LogP contribution in [0.4, 0.5) is 0 Å². The summed E-state index contributed by atoms with van der Waals surface area (Å²) in [5.74, 6) is 0.421. The Hall–Kier alpha value is -1.87. The minimum Gasteiger partial charge on any atom is -0.395 e. The number of amides is 1. The highest BCUT2D eigenvalue weighted by Crippen LogP contribution is 2.20. The summed E-state index contributed by atoms with van der Waals surface area (Å²) >= 11 is 1.55. The molecule has 0 aromatic carbocycles. The number of carbonyl (C=O) groups excluding carboxylic acids is 1. The van der Waals surface area contributed by atoms with Gasteiger partial charge in [-0.15, -0.1) is 11.3 Å². The Kier molecular flexibility index (Phi) is 5.52. The largest absolute Gasteiger partial charge is 0.395 e. The zero-order chi connectivity index (χ0) is 16.9. The van der Waals surface area contributed by atoms with Crippen LogP contribution in [0.1, 0.15) is 10.4 Å². The average molecular weight is 348 g/mol. The fourth-order valence-electron chi connectivity index (χ4n) is 2.74. The monoisotopic (exact) mass is 348 g/mol. The van der Waals surface area contributed by atoms with E-state index in [1.165, 1.54) is 12.4 Å². The summed E-state index contributed by atoms with van der Waals surface area (Å²) in [5, 5.41) is 21.1. The van der Waals surface area contributed by atoms with Crippen LogP contribution in [0.25, 0.3) is 10.7 Å². The number of β-amino-alcohol motifs (C(OH)–C–C–N with tert-alkyl or cyclic N) is 2. The lowest BCUT2D eigenvalue weighted by Crippen LogP contribution is -2.37. The van der Waals surface area contributed by atoms with Crippen molar-refractivity contribution >= 4 is 17.2 Å². The van der Waals surface area contributed by atoms with Crippen LogP contribution in [0.5, 0.6) is 0 Å². The minimum absolute atomic E-state index is 0.0404. The highest BCUT2D eigenvalue weighted by Gasteiger charge is 2.25. The lowest BCUT2D eigenvalue weighted by Gasteiger charge is -2.21. The fourth-order valence-corrected chi connectivity index (χ4v) is 3.41. The van der Waals surface area contributed by atoms with E-state index in [0.717, 1.165) is 4.88 Å². The van der Waals surface area contributed by atoms with E-state index in [2.05, 4.69) is 9.97 Å². The molecule has 7 nitrogen and oxygen atoms in total. The van der Waals surface area contributed by atoms with Gasteiger partial charge in [-0.2, -0.15) is 0 Å². The molecule has 1 amide bonds. The molecule has 24 heavy (non-hydrogen) atoms. The van der Waals surface area contributed by atoms with Crippen molar-refractivity contribution in [1.29, 1.82) is 0 Å². The topological polar surface area (TPSA) is 89.8 Å². The maximum Gasteiger partial charge on any atom is 0.257 e. The second-order valence-electron chi connectivity index (χ2n) is 5.70. The molecular weight excluding hydrogens is 328 g/mol. The SMILES string of the molecule is O=C(c1cnc(-c2cccs2)nc1)N1CCN(CCO)CC(O)C1. The summed E-state index contributed by atoms with van der Waals surface area (Å²) < 4.78 is 0. The second-order valence-corrected chi connectivity index (χ2v) is 6.65. The molecule has 128 valence electrons. The zero-order valence-corrected chi connectivity index (χ0v) is 14.0. The molecule has 2 aromatic rings.